The molecule has 0 bridgehead atoms. The van der Waals surface area contributed by atoms with Crippen LogP contribution in [0.3, 0.4) is 0 Å². The summed E-state index contributed by atoms with van der Waals surface area (Å²) in [4.78, 5) is 0. The number of benzene rings is 1. The van der Waals surface area contributed by atoms with Crippen molar-refractivity contribution < 1.29 is 0 Å². The first-order valence-electron chi connectivity index (χ1n) is 10.4. The largest absolute Gasteiger partial charge is 0.0879 e. The summed E-state index contributed by atoms with van der Waals surface area (Å²) in [5.41, 5.74) is 4.87. The molecular formula is C24H29I. The molecule has 1 aromatic rings. The van der Waals surface area contributed by atoms with Crippen LogP contribution in [0.25, 0.3) is 0 Å². The highest BCUT2D eigenvalue weighted by Gasteiger charge is 2.33. The van der Waals surface area contributed by atoms with Gasteiger partial charge in [0.05, 0.1) is 0 Å². The molecule has 4 aliphatic carbocycles. The molecule has 0 nitrogen and oxygen atoms in total. The quantitative estimate of drug-likeness (QED) is 0.250. The van der Waals surface area contributed by atoms with E-state index < -0.39 is 0 Å². The van der Waals surface area contributed by atoms with Crippen LogP contribution in [0, 0.1) is 17.8 Å². The van der Waals surface area contributed by atoms with E-state index in [2.05, 4.69) is 65.1 Å². The van der Waals surface area contributed by atoms with Crippen molar-refractivity contribution in [3.63, 3.8) is 0 Å². The molecule has 0 spiro atoms. The number of rotatable bonds is 1. The van der Waals surface area contributed by atoms with E-state index in [0.717, 1.165) is 21.7 Å². The summed E-state index contributed by atoms with van der Waals surface area (Å²) >= 11 is 2.66. The second-order valence-electron chi connectivity index (χ2n) is 8.85. The maximum Gasteiger partial charge on any atom is 0.0115 e. The molecule has 4 aliphatic rings. The highest BCUT2D eigenvalue weighted by Crippen LogP contribution is 2.46. The number of halogens is 1. The van der Waals surface area contributed by atoms with Gasteiger partial charge in [0.25, 0.3) is 0 Å². The Morgan fingerprint density at radius 2 is 1.84 bits per heavy atom. The van der Waals surface area contributed by atoms with E-state index in [-0.39, 0.29) is 0 Å². The minimum absolute atomic E-state index is 0.664. The van der Waals surface area contributed by atoms with E-state index in [1.54, 1.807) is 16.7 Å². The van der Waals surface area contributed by atoms with Crippen LogP contribution in [-0.2, 0) is 6.42 Å². The smallest absolute Gasteiger partial charge is 0.0115 e. The topological polar surface area (TPSA) is 0 Å². The minimum atomic E-state index is 0.664. The second-order valence-corrected chi connectivity index (χ2v) is 10.6. The molecule has 25 heavy (non-hydrogen) atoms. The van der Waals surface area contributed by atoms with Crippen molar-refractivity contribution in [3.05, 3.63) is 59.2 Å². The maximum atomic E-state index is 2.66. The normalized spacial score (nSPS) is 39.4. The maximum absolute atomic E-state index is 2.66. The molecular weight excluding hydrogens is 415 g/mol. The second kappa shape index (κ2) is 6.87. The Labute approximate surface area is 166 Å². The van der Waals surface area contributed by atoms with Gasteiger partial charge in [-0.2, -0.15) is 0 Å². The summed E-state index contributed by atoms with van der Waals surface area (Å²) in [5.74, 6) is 4.07. The van der Waals surface area contributed by atoms with Crippen LogP contribution >= 0.6 is 22.6 Å². The third-order valence-corrected chi connectivity index (χ3v) is 8.56. The first-order chi connectivity index (χ1) is 12.3. The van der Waals surface area contributed by atoms with Crippen molar-refractivity contribution in [1.29, 1.82) is 0 Å². The Morgan fingerprint density at radius 3 is 2.80 bits per heavy atom. The van der Waals surface area contributed by atoms with E-state index >= 15 is 0 Å². The van der Waals surface area contributed by atoms with Gasteiger partial charge in [0.15, 0.2) is 0 Å². The molecule has 6 atom stereocenters. The third kappa shape index (κ3) is 3.15. The molecule has 0 heterocycles. The minimum Gasteiger partial charge on any atom is -0.0879 e. The molecule has 0 saturated heterocycles. The Kier molecular flexibility index (Phi) is 4.56. The van der Waals surface area contributed by atoms with Crippen LogP contribution in [0.1, 0.15) is 73.5 Å². The molecule has 0 amide bonds. The van der Waals surface area contributed by atoms with Gasteiger partial charge in [0.2, 0.25) is 0 Å². The molecule has 0 aromatic heterocycles. The first-order valence-corrected chi connectivity index (χ1v) is 11.6. The van der Waals surface area contributed by atoms with Gasteiger partial charge < -0.3 is 0 Å². The molecule has 5 rings (SSSR count). The van der Waals surface area contributed by atoms with Crippen LogP contribution in [0.4, 0.5) is 0 Å². The van der Waals surface area contributed by atoms with Crippen molar-refractivity contribution in [2.75, 3.05) is 0 Å². The molecule has 1 saturated carbocycles. The molecule has 0 N–H and O–H groups in total. The van der Waals surface area contributed by atoms with Gasteiger partial charge in [-0.05, 0) is 85.8 Å². The number of alkyl halides is 1. The van der Waals surface area contributed by atoms with Gasteiger partial charge in [0.1, 0.15) is 0 Å². The zero-order chi connectivity index (χ0) is 16.8. The Balaban J connectivity index is 1.40. The van der Waals surface area contributed by atoms with Crippen LogP contribution in [0.2, 0.25) is 0 Å². The highest BCUT2D eigenvalue weighted by molar-refractivity contribution is 14.1. The van der Waals surface area contributed by atoms with Crippen molar-refractivity contribution >= 4 is 22.6 Å². The lowest BCUT2D eigenvalue weighted by Gasteiger charge is -2.38. The summed E-state index contributed by atoms with van der Waals surface area (Å²) in [6, 6.07) is 7.52. The van der Waals surface area contributed by atoms with Crippen LogP contribution in [0.5, 0.6) is 0 Å². The fourth-order valence-electron chi connectivity index (χ4n) is 5.98. The van der Waals surface area contributed by atoms with Crippen LogP contribution < -0.4 is 0 Å². The Bertz CT molecular complexity index is 700. The SMILES string of the molecule is I[C@H]1CCC2CC(c3ccc4c(c3)CC[C@H]3CCC=CC43)C=CC2C1. The number of hydrogen-bond donors (Lipinski definition) is 0. The fourth-order valence-corrected chi connectivity index (χ4v) is 6.93. The summed E-state index contributed by atoms with van der Waals surface area (Å²) in [6.45, 7) is 0. The van der Waals surface area contributed by atoms with Crippen LogP contribution in [0.15, 0.2) is 42.5 Å². The van der Waals surface area contributed by atoms with Crippen molar-refractivity contribution in [3.8, 4) is 0 Å². The molecule has 1 heteroatoms. The molecule has 0 radical (unpaired) electrons. The number of fused-ring (bicyclic) bond motifs is 4. The van der Waals surface area contributed by atoms with E-state index in [0.29, 0.717) is 11.8 Å². The number of allylic oxidation sites excluding steroid dienone is 4. The molecule has 4 unspecified atom stereocenters. The lowest BCUT2D eigenvalue weighted by molar-refractivity contribution is 0.258. The van der Waals surface area contributed by atoms with Gasteiger partial charge in [-0.3, -0.25) is 0 Å². The van der Waals surface area contributed by atoms with E-state index in [1.807, 2.05) is 0 Å². The van der Waals surface area contributed by atoms with Gasteiger partial charge in [-0.25, -0.2) is 0 Å². The van der Waals surface area contributed by atoms with Gasteiger partial charge in [-0.1, -0.05) is 65.1 Å². The van der Waals surface area contributed by atoms with E-state index in [4.69, 9.17) is 0 Å². The Morgan fingerprint density at radius 1 is 0.880 bits per heavy atom. The monoisotopic (exact) mass is 444 g/mol. The van der Waals surface area contributed by atoms with E-state index in [1.165, 1.54) is 51.4 Å². The average Bonchev–Trinajstić information content (AvgIpc) is 2.67. The molecule has 1 fully saturated rings. The van der Waals surface area contributed by atoms with Crippen molar-refractivity contribution in [1.82, 2.24) is 0 Å². The fraction of sp³-hybridized carbons (Fsp3) is 0.583. The predicted molar refractivity (Wildman–Crippen MR) is 115 cm³/mol. The summed E-state index contributed by atoms with van der Waals surface area (Å²) in [7, 11) is 0. The number of aryl methyl sites for hydroxylation is 1. The highest BCUT2D eigenvalue weighted by atomic mass is 127. The molecule has 0 aliphatic heterocycles. The van der Waals surface area contributed by atoms with Crippen molar-refractivity contribution in [2.45, 2.75) is 67.1 Å². The predicted octanol–water partition coefficient (Wildman–Crippen LogP) is 6.95. The van der Waals surface area contributed by atoms with Gasteiger partial charge in [-0.15, -0.1) is 0 Å². The lowest BCUT2D eigenvalue weighted by atomic mass is 9.68. The standard InChI is InChI=1S/C24H29I/c25-22-11-9-18-13-17(6-7-20(18)15-22)19-10-12-24-21(14-19)8-5-16-3-1-2-4-23(16)24/h2,4,6-7,10,12,14,16-18,20,22-23H,1,3,5,8-9,11,13,15H2/t16-,17?,18?,20?,22+,23?/m1/s1. The van der Waals surface area contributed by atoms with Crippen molar-refractivity contribution in [2.24, 2.45) is 17.8 Å². The van der Waals surface area contributed by atoms with Gasteiger partial charge in [0, 0.05) is 15.8 Å². The van der Waals surface area contributed by atoms with Crippen LogP contribution in [-0.4, -0.2) is 3.92 Å². The third-order valence-electron chi connectivity index (χ3n) is 7.43. The molecule has 1 aromatic carbocycles. The van der Waals surface area contributed by atoms with E-state index in [9.17, 15) is 0 Å². The summed E-state index contributed by atoms with van der Waals surface area (Å²) in [5, 5.41) is 0. The average molecular weight is 444 g/mol. The summed E-state index contributed by atoms with van der Waals surface area (Å²) < 4.78 is 0.903. The summed E-state index contributed by atoms with van der Waals surface area (Å²) in [6.07, 6.45) is 21.1. The number of hydrogen-bond acceptors (Lipinski definition) is 0. The zero-order valence-electron chi connectivity index (χ0n) is 15.0. The first kappa shape index (κ1) is 16.6. The van der Waals surface area contributed by atoms with Gasteiger partial charge >= 0.3 is 0 Å². The molecule has 132 valence electrons. The lowest BCUT2D eigenvalue weighted by Crippen LogP contribution is -2.27. The Hall–Kier alpha value is -0.570. The zero-order valence-corrected chi connectivity index (χ0v) is 17.2.